The van der Waals surface area contributed by atoms with Crippen LogP contribution in [0.3, 0.4) is 0 Å². The zero-order valence-electron chi connectivity index (χ0n) is 20.4. The molecule has 1 aliphatic heterocycles. The van der Waals surface area contributed by atoms with Crippen molar-refractivity contribution in [2.24, 2.45) is 0 Å². The minimum Gasteiger partial charge on any atom is -0.398 e. The van der Waals surface area contributed by atoms with Crippen LogP contribution in [0.15, 0.2) is 60.7 Å². The van der Waals surface area contributed by atoms with Gasteiger partial charge in [-0.2, -0.15) is 0 Å². The summed E-state index contributed by atoms with van der Waals surface area (Å²) in [7, 11) is 0. The molecule has 3 aromatic rings. The van der Waals surface area contributed by atoms with Gasteiger partial charge in [0.1, 0.15) is 0 Å². The number of anilines is 4. The number of para-hydroxylation sites is 1. The summed E-state index contributed by atoms with van der Waals surface area (Å²) in [4.78, 5) is 15.1. The van der Waals surface area contributed by atoms with Gasteiger partial charge in [-0.1, -0.05) is 44.2 Å². The molecule has 0 aromatic heterocycles. The highest BCUT2D eigenvalue weighted by Crippen LogP contribution is 2.25. The Morgan fingerprint density at radius 2 is 1.66 bits per heavy atom. The summed E-state index contributed by atoms with van der Waals surface area (Å²) in [6.07, 6.45) is 1.66. The molecular weight excluding hydrogens is 438 g/mol. The number of carbonyl (C=O) groups is 1. The Balaban J connectivity index is 0.00000241. The first-order valence-electron chi connectivity index (χ1n) is 12.1. The van der Waals surface area contributed by atoms with E-state index in [1.807, 2.05) is 42.5 Å². The number of nitrogen functional groups attached to an aromatic ring is 1. The Kier molecular flexibility index (Phi) is 7.67. The van der Waals surface area contributed by atoms with Gasteiger partial charge >= 0.3 is 6.03 Å². The number of aryl methyl sites for hydroxylation is 2. The molecule has 1 saturated heterocycles. The monoisotopic (exact) mass is 477 g/mol. The molecular formula is C28H39N5O2. The van der Waals surface area contributed by atoms with Gasteiger partial charge in [-0.3, -0.25) is 5.41 Å². The van der Waals surface area contributed by atoms with Crippen molar-refractivity contribution < 1.29 is 13.8 Å². The number of amides is 2. The van der Waals surface area contributed by atoms with E-state index in [1.165, 1.54) is 0 Å². The lowest BCUT2D eigenvalue weighted by molar-refractivity contribution is 0.122. The normalized spacial score (nSPS) is 13.4. The van der Waals surface area contributed by atoms with Crippen LogP contribution in [0.5, 0.6) is 0 Å². The van der Waals surface area contributed by atoms with E-state index in [1.54, 1.807) is 18.2 Å². The SMILES string of the molecule is CCc1cccc(CC)c1NC(=O)Nc1ccc(N)c(C(=N)c2ccc(N3CCOCC3)cc2)c1.[HH].[HH].[HH]. The van der Waals surface area contributed by atoms with Gasteiger partial charge in [-0.25, -0.2) is 4.79 Å². The molecule has 1 heterocycles. The molecule has 7 heteroatoms. The smallest absolute Gasteiger partial charge is 0.323 e. The fraction of sp³-hybridized carbons (Fsp3) is 0.286. The van der Waals surface area contributed by atoms with E-state index in [4.69, 9.17) is 15.9 Å². The van der Waals surface area contributed by atoms with Crippen molar-refractivity contribution in [2.75, 3.05) is 47.6 Å². The van der Waals surface area contributed by atoms with Gasteiger partial charge in [0.2, 0.25) is 0 Å². The molecule has 1 aliphatic rings. The van der Waals surface area contributed by atoms with Crippen LogP contribution in [0.2, 0.25) is 0 Å². The van der Waals surface area contributed by atoms with Crippen LogP contribution in [0.25, 0.3) is 0 Å². The number of nitrogens with one attached hydrogen (secondary N) is 3. The first kappa shape index (κ1) is 24.3. The Labute approximate surface area is 211 Å². The van der Waals surface area contributed by atoms with E-state index in [2.05, 4.69) is 29.4 Å². The Morgan fingerprint density at radius 1 is 1.00 bits per heavy atom. The average Bonchev–Trinajstić information content (AvgIpc) is 2.90. The minimum absolute atomic E-state index is 0. The third kappa shape index (κ3) is 5.63. The summed E-state index contributed by atoms with van der Waals surface area (Å²) in [6.45, 7) is 7.33. The lowest BCUT2D eigenvalue weighted by Crippen LogP contribution is -2.36. The van der Waals surface area contributed by atoms with Crippen LogP contribution in [0.4, 0.5) is 27.5 Å². The van der Waals surface area contributed by atoms with Gasteiger partial charge in [0.25, 0.3) is 0 Å². The zero-order chi connectivity index (χ0) is 24.8. The van der Waals surface area contributed by atoms with E-state index >= 15 is 0 Å². The molecule has 0 atom stereocenters. The first-order valence-corrected chi connectivity index (χ1v) is 12.1. The molecule has 3 aromatic carbocycles. The van der Waals surface area contributed by atoms with E-state index < -0.39 is 0 Å². The maximum absolute atomic E-state index is 12.8. The Bertz CT molecular complexity index is 1190. The number of hydrogen-bond donors (Lipinski definition) is 4. The fourth-order valence-corrected chi connectivity index (χ4v) is 4.35. The second kappa shape index (κ2) is 11.1. The highest BCUT2D eigenvalue weighted by atomic mass is 16.5. The number of hydrogen-bond acceptors (Lipinski definition) is 5. The van der Waals surface area contributed by atoms with Gasteiger partial charge in [0.15, 0.2) is 0 Å². The Hall–Kier alpha value is -3.84. The second-order valence-corrected chi connectivity index (χ2v) is 8.56. The molecule has 0 aliphatic carbocycles. The van der Waals surface area contributed by atoms with Gasteiger partial charge in [-0.05, 0) is 54.3 Å². The maximum atomic E-state index is 12.8. The molecule has 0 unspecified atom stereocenters. The van der Waals surface area contributed by atoms with Gasteiger partial charge in [-0.15, -0.1) is 0 Å². The molecule has 1 fully saturated rings. The number of ether oxygens (including phenoxy) is 1. The molecule has 0 saturated carbocycles. The molecule has 5 N–H and O–H groups in total. The van der Waals surface area contributed by atoms with Crippen LogP contribution in [-0.2, 0) is 17.6 Å². The molecule has 188 valence electrons. The predicted molar refractivity (Wildman–Crippen MR) is 150 cm³/mol. The number of nitrogens with two attached hydrogens (primary N) is 1. The van der Waals surface area contributed by atoms with Crippen LogP contribution in [0.1, 0.15) is 40.4 Å². The number of urea groups is 1. The zero-order valence-corrected chi connectivity index (χ0v) is 20.4. The van der Waals surface area contributed by atoms with Crippen molar-refractivity contribution in [3.05, 3.63) is 82.9 Å². The molecule has 35 heavy (non-hydrogen) atoms. The van der Waals surface area contributed by atoms with E-state index in [0.29, 0.717) is 22.6 Å². The third-order valence-corrected chi connectivity index (χ3v) is 6.35. The van der Waals surface area contributed by atoms with Crippen molar-refractivity contribution in [1.82, 2.24) is 0 Å². The van der Waals surface area contributed by atoms with E-state index in [-0.39, 0.29) is 10.3 Å². The maximum Gasteiger partial charge on any atom is 0.323 e. The number of carbonyl (C=O) groups excluding carboxylic acids is 1. The van der Waals surface area contributed by atoms with Crippen molar-refractivity contribution in [2.45, 2.75) is 26.7 Å². The number of benzene rings is 3. The van der Waals surface area contributed by atoms with Crippen LogP contribution >= 0.6 is 0 Å². The predicted octanol–water partition coefficient (Wildman–Crippen LogP) is 6.03. The molecule has 0 radical (unpaired) electrons. The lowest BCUT2D eigenvalue weighted by atomic mass is 10.00. The van der Waals surface area contributed by atoms with E-state index in [0.717, 1.165) is 67.2 Å². The standard InChI is InChI=1S/C28H33N5O2.3H2/c1-3-19-6-5-7-20(4-2)27(19)32-28(34)31-22-10-13-25(29)24(18-22)26(30)21-8-11-23(12-9-21)33-14-16-35-17-15-33;;;/h5-13,18,30H,3-4,14-17,29H2,1-2H3,(H2,31,32,34);3*1H. The average molecular weight is 478 g/mol. The van der Waals surface area contributed by atoms with Crippen molar-refractivity contribution in [3.63, 3.8) is 0 Å². The first-order chi connectivity index (χ1) is 17.0. The summed E-state index contributed by atoms with van der Waals surface area (Å²) in [5.41, 5.74) is 13.1. The summed E-state index contributed by atoms with van der Waals surface area (Å²) in [5, 5.41) is 14.7. The summed E-state index contributed by atoms with van der Waals surface area (Å²) >= 11 is 0. The van der Waals surface area contributed by atoms with Crippen LogP contribution < -0.4 is 21.3 Å². The number of rotatable bonds is 7. The van der Waals surface area contributed by atoms with Crippen LogP contribution in [0, 0.1) is 5.41 Å². The van der Waals surface area contributed by atoms with Crippen molar-refractivity contribution in [1.29, 1.82) is 5.41 Å². The second-order valence-electron chi connectivity index (χ2n) is 8.56. The van der Waals surface area contributed by atoms with Gasteiger partial charge < -0.3 is 26.0 Å². The fourth-order valence-electron chi connectivity index (χ4n) is 4.35. The summed E-state index contributed by atoms with van der Waals surface area (Å²) in [5.74, 6) is 0. The highest BCUT2D eigenvalue weighted by molar-refractivity contribution is 6.14. The molecule has 7 nitrogen and oxygen atoms in total. The highest BCUT2D eigenvalue weighted by Gasteiger charge is 2.15. The molecule has 2 amide bonds. The van der Waals surface area contributed by atoms with E-state index in [9.17, 15) is 4.79 Å². The van der Waals surface area contributed by atoms with Gasteiger partial charge in [0.05, 0.1) is 18.9 Å². The largest absolute Gasteiger partial charge is 0.398 e. The van der Waals surface area contributed by atoms with Crippen molar-refractivity contribution >= 4 is 34.5 Å². The topological polar surface area (TPSA) is 103 Å². The van der Waals surface area contributed by atoms with Gasteiger partial charge in [0, 0.05) is 51.2 Å². The third-order valence-electron chi connectivity index (χ3n) is 6.35. The lowest BCUT2D eigenvalue weighted by Gasteiger charge is -2.29. The van der Waals surface area contributed by atoms with Crippen molar-refractivity contribution in [3.8, 4) is 0 Å². The number of morpholine rings is 1. The minimum atomic E-state index is -0.322. The molecule has 0 spiro atoms. The Morgan fingerprint density at radius 3 is 2.29 bits per heavy atom. The molecule has 4 rings (SSSR count). The molecule has 0 bridgehead atoms. The van der Waals surface area contributed by atoms with Crippen LogP contribution in [-0.4, -0.2) is 38.0 Å². The summed E-state index contributed by atoms with van der Waals surface area (Å²) in [6, 6.07) is 18.9. The number of nitrogens with zero attached hydrogens (tertiary/aromatic N) is 1. The quantitative estimate of drug-likeness (QED) is 0.246. The summed E-state index contributed by atoms with van der Waals surface area (Å²) < 4.78 is 5.42.